The van der Waals surface area contributed by atoms with E-state index in [4.69, 9.17) is 19.6 Å². The number of phenols is 1. The average Bonchev–Trinajstić information content (AvgIpc) is 2.53. The van der Waals surface area contributed by atoms with E-state index >= 15 is 0 Å². The number of allylic oxidation sites excluding steroid dienone is 1. The van der Waals surface area contributed by atoms with Crippen LogP contribution in [-0.2, 0) is 0 Å². The van der Waals surface area contributed by atoms with Gasteiger partial charge in [0.25, 0.3) is 5.88 Å². The molecule has 25 heavy (non-hydrogen) atoms. The maximum Gasteiger partial charge on any atom is 0.344 e. The van der Waals surface area contributed by atoms with Gasteiger partial charge in [-0.15, -0.1) is 0 Å². The molecule has 2 aromatic rings. The lowest BCUT2D eigenvalue weighted by atomic mass is 9.87. The fourth-order valence-electron chi connectivity index (χ4n) is 2.78. The van der Waals surface area contributed by atoms with Gasteiger partial charge < -0.3 is 24.7 Å². The number of nitrogens with zero attached hydrogens (tertiary/aromatic N) is 1. The van der Waals surface area contributed by atoms with Gasteiger partial charge in [-0.25, -0.2) is 4.79 Å². The van der Waals surface area contributed by atoms with Crippen molar-refractivity contribution < 1.29 is 23.9 Å². The summed E-state index contributed by atoms with van der Waals surface area (Å²) >= 11 is 0. The van der Waals surface area contributed by atoms with Crippen LogP contribution in [0, 0.1) is 17.0 Å². The molecule has 1 aliphatic heterocycles. The quantitative estimate of drug-likeness (QED) is 0.631. The smallest absolute Gasteiger partial charge is 0.344 e. The second-order valence-electron chi connectivity index (χ2n) is 5.40. The number of rotatable bonds is 3. The van der Waals surface area contributed by atoms with Gasteiger partial charge in [-0.2, -0.15) is 0 Å². The van der Waals surface area contributed by atoms with Crippen LogP contribution in [0.2, 0.25) is 0 Å². The molecule has 0 saturated carbocycles. The second-order valence-corrected chi connectivity index (χ2v) is 5.40. The Morgan fingerprint density at radius 3 is 2.72 bits per heavy atom. The Balaban J connectivity index is 2.32. The standard InChI is InChI=1S/C16H14N2O7/c1-7-5-11-13(16(20)24-7)12(14(18(21)22)15(17)25-11)8-3-4-9(19)10(6-8)23-2/h3-6,12,19H,17H2,1-2H3. The fourth-order valence-corrected chi connectivity index (χ4v) is 2.78. The molecule has 1 atom stereocenters. The number of hydrogen-bond donors (Lipinski definition) is 2. The number of aryl methyl sites for hydroxylation is 1. The predicted octanol–water partition coefficient (Wildman–Crippen LogP) is 1.59. The number of nitro groups is 1. The van der Waals surface area contributed by atoms with Crippen LogP contribution in [0.25, 0.3) is 0 Å². The molecular formula is C16H14N2O7. The lowest BCUT2D eigenvalue weighted by molar-refractivity contribution is -0.432. The van der Waals surface area contributed by atoms with E-state index in [1.54, 1.807) is 6.92 Å². The molecule has 9 nitrogen and oxygen atoms in total. The Kier molecular flexibility index (Phi) is 3.84. The van der Waals surface area contributed by atoms with E-state index in [2.05, 4.69) is 0 Å². The summed E-state index contributed by atoms with van der Waals surface area (Å²) in [6.45, 7) is 1.55. The Bertz CT molecular complexity index is 961. The zero-order valence-corrected chi connectivity index (χ0v) is 13.3. The number of methoxy groups -OCH3 is 1. The summed E-state index contributed by atoms with van der Waals surface area (Å²) < 4.78 is 15.4. The Hall–Kier alpha value is -3.49. The maximum absolute atomic E-state index is 12.4. The van der Waals surface area contributed by atoms with E-state index in [9.17, 15) is 20.0 Å². The molecule has 2 heterocycles. The van der Waals surface area contributed by atoms with Crippen LogP contribution in [-0.4, -0.2) is 17.1 Å². The molecule has 0 bridgehead atoms. The normalized spacial score (nSPS) is 16.2. The molecule has 0 amide bonds. The summed E-state index contributed by atoms with van der Waals surface area (Å²) in [7, 11) is 1.34. The van der Waals surface area contributed by atoms with Gasteiger partial charge in [0.2, 0.25) is 0 Å². The Labute approximate surface area is 141 Å². The molecule has 1 unspecified atom stereocenters. The molecule has 9 heteroatoms. The van der Waals surface area contributed by atoms with Crippen LogP contribution in [0.15, 0.2) is 45.1 Å². The number of ether oxygens (including phenoxy) is 2. The van der Waals surface area contributed by atoms with Crippen LogP contribution in [0.5, 0.6) is 17.2 Å². The van der Waals surface area contributed by atoms with Gasteiger partial charge in [-0.05, 0) is 24.6 Å². The summed E-state index contributed by atoms with van der Waals surface area (Å²) in [5.74, 6) is -1.22. The third kappa shape index (κ3) is 2.65. The van der Waals surface area contributed by atoms with Gasteiger partial charge in [-0.1, -0.05) is 6.07 Å². The first-order valence-electron chi connectivity index (χ1n) is 7.17. The summed E-state index contributed by atoms with van der Waals surface area (Å²) in [6, 6.07) is 5.58. The first kappa shape index (κ1) is 16.4. The lowest BCUT2D eigenvalue weighted by Crippen LogP contribution is -2.29. The minimum absolute atomic E-state index is 0.0424. The Morgan fingerprint density at radius 2 is 2.08 bits per heavy atom. The molecule has 1 aromatic carbocycles. The first-order chi connectivity index (χ1) is 11.8. The van der Waals surface area contributed by atoms with Crippen molar-refractivity contribution in [3.8, 4) is 17.2 Å². The highest BCUT2D eigenvalue weighted by Gasteiger charge is 2.41. The minimum Gasteiger partial charge on any atom is -0.504 e. The van der Waals surface area contributed by atoms with Crippen molar-refractivity contribution in [1.82, 2.24) is 0 Å². The highest BCUT2D eigenvalue weighted by Crippen LogP contribution is 2.42. The molecule has 1 aliphatic rings. The van der Waals surface area contributed by atoms with Gasteiger partial charge >= 0.3 is 11.3 Å². The number of aromatic hydroxyl groups is 1. The van der Waals surface area contributed by atoms with Gasteiger partial charge in [-0.3, -0.25) is 10.1 Å². The van der Waals surface area contributed by atoms with Crippen molar-refractivity contribution in [2.75, 3.05) is 7.11 Å². The van der Waals surface area contributed by atoms with E-state index in [0.717, 1.165) is 0 Å². The summed E-state index contributed by atoms with van der Waals surface area (Å²) in [5.41, 5.74) is 4.75. The monoisotopic (exact) mass is 346 g/mol. The van der Waals surface area contributed by atoms with Crippen molar-refractivity contribution in [3.05, 3.63) is 73.3 Å². The molecular weight excluding hydrogens is 332 g/mol. The number of benzene rings is 1. The fraction of sp³-hybridized carbons (Fsp3) is 0.188. The molecule has 0 saturated heterocycles. The topological polar surface area (TPSA) is 138 Å². The highest BCUT2D eigenvalue weighted by molar-refractivity contribution is 5.52. The van der Waals surface area contributed by atoms with Gasteiger partial charge in [0, 0.05) is 6.07 Å². The molecule has 0 spiro atoms. The molecule has 0 radical (unpaired) electrons. The van der Waals surface area contributed by atoms with Crippen molar-refractivity contribution in [3.63, 3.8) is 0 Å². The van der Waals surface area contributed by atoms with Gasteiger partial charge in [0.1, 0.15) is 17.4 Å². The molecule has 0 fully saturated rings. The number of hydrogen-bond acceptors (Lipinski definition) is 8. The molecule has 0 aliphatic carbocycles. The van der Waals surface area contributed by atoms with Crippen molar-refractivity contribution in [1.29, 1.82) is 0 Å². The van der Waals surface area contributed by atoms with Gasteiger partial charge in [0.15, 0.2) is 11.5 Å². The SMILES string of the molecule is COc1cc(C2C([N+](=O)[O-])=C(N)Oc3cc(C)oc(=O)c32)ccc1O. The zero-order chi connectivity index (χ0) is 18.3. The van der Waals surface area contributed by atoms with Crippen molar-refractivity contribution >= 4 is 0 Å². The highest BCUT2D eigenvalue weighted by atomic mass is 16.6. The maximum atomic E-state index is 12.4. The number of phenolic OH excluding ortho intramolecular Hbond substituents is 1. The third-order valence-corrected chi connectivity index (χ3v) is 3.84. The number of nitrogens with two attached hydrogens (primary N) is 1. The van der Waals surface area contributed by atoms with Crippen LogP contribution < -0.4 is 20.8 Å². The largest absolute Gasteiger partial charge is 0.504 e. The Morgan fingerprint density at radius 1 is 1.36 bits per heavy atom. The number of fused-ring (bicyclic) bond motifs is 1. The van der Waals surface area contributed by atoms with E-state index in [-0.39, 0.29) is 28.6 Å². The summed E-state index contributed by atoms with van der Waals surface area (Å²) in [5, 5.41) is 21.3. The van der Waals surface area contributed by atoms with Crippen LogP contribution in [0.1, 0.15) is 22.8 Å². The van der Waals surface area contributed by atoms with Crippen LogP contribution in [0.3, 0.4) is 0 Å². The van der Waals surface area contributed by atoms with Crippen molar-refractivity contribution in [2.24, 2.45) is 5.73 Å². The average molecular weight is 346 g/mol. The predicted molar refractivity (Wildman–Crippen MR) is 85.1 cm³/mol. The zero-order valence-electron chi connectivity index (χ0n) is 13.3. The molecule has 130 valence electrons. The van der Waals surface area contributed by atoms with Crippen LogP contribution >= 0.6 is 0 Å². The van der Waals surface area contributed by atoms with E-state index < -0.39 is 28.0 Å². The second kappa shape index (κ2) is 5.86. The summed E-state index contributed by atoms with van der Waals surface area (Å²) in [6.07, 6.45) is 0. The molecule has 3 N–H and O–H groups in total. The van der Waals surface area contributed by atoms with E-state index in [1.165, 1.54) is 31.4 Å². The minimum atomic E-state index is -1.13. The van der Waals surface area contributed by atoms with Gasteiger partial charge in [0.05, 0.1) is 17.6 Å². The van der Waals surface area contributed by atoms with E-state index in [1.807, 2.05) is 0 Å². The van der Waals surface area contributed by atoms with Crippen molar-refractivity contribution in [2.45, 2.75) is 12.8 Å². The van der Waals surface area contributed by atoms with Crippen LogP contribution in [0.4, 0.5) is 0 Å². The lowest BCUT2D eigenvalue weighted by Gasteiger charge is -2.23. The first-order valence-corrected chi connectivity index (χ1v) is 7.17. The third-order valence-electron chi connectivity index (χ3n) is 3.84. The molecule has 3 rings (SSSR count). The molecule has 1 aromatic heterocycles. The van der Waals surface area contributed by atoms with E-state index in [0.29, 0.717) is 5.56 Å². The summed E-state index contributed by atoms with van der Waals surface area (Å²) in [4.78, 5) is 23.2.